The summed E-state index contributed by atoms with van der Waals surface area (Å²) in [6.45, 7) is 9.20. The summed E-state index contributed by atoms with van der Waals surface area (Å²) < 4.78 is 7.85. The van der Waals surface area contributed by atoms with E-state index in [1.54, 1.807) is 13.8 Å². The maximum atomic E-state index is 9.98. The van der Waals surface area contributed by atoms with Gasteiger partial charge in [-0.1, -0.05) is 32.4 Å². The van der Waals surface area contributed by atoms with Gasteiger partial charge in [0.15, 0.2) is 5.79 Å². The molecule has 6 nitrogen and oxygen atoms in total. The lowest BCUT2D eigenvalue weighted by Gasteiger charge is -2.33. The lowest BCUT2D eigenvalue weighted by atomic mass is 9.87. The van der Waals surface area contributed by atoms with Crippen molar-refractivity contribution in [2.45, 2.75) is 65.4 Å². The summed E-state index contributed by atoms with van der Waals surface area (Å²) in [7, 11) is 0. The van der Waals surface area contributed by atoms with Gasteiger partial charge in [-0.05, 0) is 32.8 Å². The van der Waals surface area contributed by atoms with Crippen LogP contribution in [0.3, 0.4) is 0 Å². The second-order valence-electron chi connectivity index (χ2n) is 7.08. The predicted molar refractivity (Wildman–Crippen MR) is 98.5 cm³/mol. The van der Waals surface area contributed by atoms with Crippen molar-refractivity contribution in [2.24, 2.45) is 5.41 Å². The van der Waals surface area contributed by atoms with Crippen LogP contribution in [0, 0.1) is 5.41 Å². The zero-order valence-corrected chi connectivity index (χ0v) is 16.3. The van der Waals surface area contributed by atoms with Crippen LogP contribution < -0.4 is 0 Å². The van der Waals surface area contributed by atoms with Gasteiger partial charge in [0.25, 0.3) is 0 Å². The van der Waals surface area contributed by atoms with Gasteiger partial charge < -0.3 is 19.5 Å². The molecule has 3 atom stereocenters. The van der Waals surface area contributed by atoms with E-state index in [2.05, 4.69) is 14.5 Å². The minimum absolute atomic E-state index is 0.000805. The quantitative estimate of drug-likeness (QED) is 0.636. The number of halogens is 1. The second-order valence-corrected chi connectivity index (χ2v) is 7.44. The third-order valence-corrected chi connectivity index (χ3v) is 4.91. The van der Waals surface area contributed by atoms with Crippen molar-refractivity contribution in [1.82, 2.24) is 14.5 Å². The smallest absolute Gasteiger partial charge is 0.160 e. The molecule has 1 aliphatic rings. The first-order valence-corrected chi connectivity index (χ1v) is 9.09. The van der Waals surface area contributed by atoms with Crippen LogP contribution in [0.15, 0.2) is 18.6 Å². The first-order chi connectivity index (χ1) is 11.7. The molecular weight excluding hydrogens is 342 g/mol. The molecule has 0 radical (unpaired) electrons. The highest BCUT2D eigenvalue weighted by atomic mass is 35.5. The fourth-order valence-electron chi connectivity index (χ4n) is 3.44. The van der Waals surface area contributed by atoms with Gasteiger partial charge in [-0.3, -0.25) is 0 Å². The summed E-state index contributed by atoms with van der Waals surface area (Å²) >= 11 is 6.11. The van der Waals surface area contributed by atoms with E-state index in [1.165, 1.54) is 6.33 Å². The van der Waals surface area contributed by atoms with Gasteiger partial charge in [-0.2, -0.15) is 0 Å². The van der Waals surface area contributed by atoms with Gasteiger partial charge in [-0.25, -0.2) is 9.97 Å². The Labute approximate surface area is 153 Å². The molecule has 140 valence electrons. The highest BCUT2D eigenvalue weighted by Crippen LogP contribution is 2.47. The Morgan fingerprint density at radius 3 is 2.68 bits per heavy atom. The van der Waals surface area contributed by atoms with Gasteiger partial charge in [-0.15, -0.1) is 0 Å². The molecule has 0 saturated heterocycles. The highest BCUT2D eigenvalue weighted by Gasteiger charge is 2.47. The summed E-state index contributed by atoms with van der Waals surface area (Å²) in [6, 6.07) is 2.01. The summed E-state index contributed by atoms with van der Waals surface area (Å²) in [4.78, 5) is 8.33. The first kappa shape index (κ1) is 20.1. The van der Waals surface area contributed by atoms with E-state index in [4.69, 9.17) is 16.3 Å². The van der Waals surface area contributed by atoms with E-state index >= 15 is 0 Å². The maximum Gasteiger partial charge on any atom is 0.160 e. The SMILES string of the molecule is CC.CC(C)(O)O[C@H]1CC(n2ccc3c(Cl)ncnc32)C[C@]1(C)CO. The number of rotatable bonds is 4. The van der Waals surface area contributed by atoms with Crippen molar-refractivity contribution in [3.8, 4) is 0 Å². The number of aliphatic hydroxyl groups is 2. The highest BCUT2D eigenvalue weighted by molar-refractivity contribution is 6.33. The minimum Gasteiger partial charge on any atom is -0.396 e. The molecule has 2 heterocycles. The fourth-order valence-corrected chi connectivity index (χ4v) is 3.63. The number of hydrogen-bond donors (Lipinski definition) is 2. The molecule has 2 aromatic rings. The number of aliphatic hydroxyl groups excluding tert-OH is 1. The Morgan fingerprint density at radius 1 is 1.40 bits per heavy atom. The number of aromatic nitrogens is 3. The molecule has 1 fully saturated rings. The number of hydrogen-bond acceptors (Lipinski definition) is 5. The lowest BCUT2D eigenvalue weighted by Crippen LogP contribution is -2.39. The molecule has 0 bridgehead atoms. The van der Waals surface area contributed by atoms with Gasteiger partial charge in [0.05, 0.1) is 18.1 Å². The van der Waals surface area contributed by atoms with Gasteiger partial charge in [0.2, 0.25) is 0 Å². The van der Waals surface area contributed by atoms with E-state index < -0.39 is 11.2 Å². The van der Waals surface area contributed by atoms with Gasteiger partial charge in [0.1, 0.15) is 17.1 Å². The average molecular weight is 370 g/mol. The van der Waals surface area contributed by atoms with E-state index in [-0.39, 0.29) is 18.8 Å². The molecule has 2 N–H and O–H groups in total. The molecule has 0 amide bonds. The van der Waals surface area contributed by atoms with E-state index in [0.717, 1.165) is 17.5 Å². The maximum absolute atomic E-state index is 9.98. The molecule has 0 spiro atoms. The van der Waals surface area contributed by atoms with Crippen LogP contribution in [0.5, 0.6) is 0 Å². The Bertz CT molecular complexity index is 713. The van der Waals surface area contributed by atoms with Crippen molar-refractivity contribution in [2.75, 3.05) is 6.61 Å². The minimum atomic E-state index is -1.24. The standard InChI is InChI=1S/C16H22ClN3O3.C2H6/c1-15(2,22)23-12-6-10(7-16(12,3)8-21)20-5-4-11-13(17)18-9-19-14(11)20;1-2/h4-5,9-10,12,21-22H,6-8H2,1-3H3;1-2H3/t10?,12-,16+;/m0./s1. The Balaban J connectivity index is 0.00000109. The summed E-state index contributed by atoms with van der Waals surface area (Å²) in [6.07, 6.45) is 4.57. The van der Waals surface area contributed by atoms with Crippen molar-refractivity contribution >= 4 is 22.6 Å². The zero-order valence-electron chi connectivity index (χ0n) is 15.5. The van der Waals surface area contributed by atoms with Crippen LogP contribution in [0.1, 0.15) is 53.5 Å². The van der Waals surface area contributed by atoms with Crippen molar-refractivity contribution in [3.63, 3.8) is 0 Å². The summed E-state index contributed by atoms with van der Waals surface area (Å²) in [5.74, 6) is -1.24. The Morgan fingerprint density at radius 2 is 2.08 bits per heavy atom. The topological polar surface area (TPSA) is 80.4 Å². The third-order valence-electron chi connectivity index (χ3n) is 4.61. The molecule has 1 saturated carbocycles. The van der Waals surface area contributed by atoms with Crippen molar-refractivity contribution < 1.29 is 14.9 Å². The largest absolute Gasteiger partial charge is 0.396 e. The molecule has 3 rings (SSSR count). The third kappa shape index (κ3) is 4.14. The number of nitrogens with zero attached hydrogens (tertiary/aromatic N) is 3. The van der Waals surface area contributed by atoms with Gasteiger partial charge >= 0.3 is 0 Å². The predicted octanol–water partition coefficient (Wildman–Crippen LogP) is 3.56. The molecule has 0 aliphatic heterocycles. The molecule has 2 aromatic heterocycles. The van der Waals surface area contributed by atoms with Crippen LogP contribution in [-0.4, -0.2) is 43.2 Å². The number of fused-ring (bicyclic) bond motifs is 1. The van der Waals surface area contributed by atoms with E-state index in [0.29, 0.717) is 11.6 Å². The normalized spacial score (nSPS) is 26.6. The van der Waals surface area contributed by atoms with Crippen molar-refractivity contribution in [3.05, 3.63) is 23.7 Å². The molecular formula is C18H28ClN3O3. The molecule has 1 aliphatic carbocycles. The van der Waals surface area contributed by atoms with Crippen LogP contribution in [-0.2, 0) is 4.74 Å². The molecule has 1 unspecified atom stereocenters. The van der Waals surface area contributed by atoms with Crippen LogP contribution in [0.4, 0.5) is 0 Å². The zero-order chi connectivity index (χ0) is 18.8. The van der Waals surface area contributed by atoms with Crippen molar-refractivity contribution in [1.29, 1.82) is 0 Å². The van der Waals surface area contributed by atoms with Crippen LogP contribution in [0.25, 0.3) is 11.0 Å². The lowest BCUT2D eigenvalue weighted by molar-refractivity contribution is -0.227. The van der Waals surface area contributed by atoms with E-state index in [9.17, 15) is 10.2 Å². The van der Waals surface area contributed by atoms with Gasteiger partial charge in [0, 0.05) is 17.7 Å². The molecule has 7 heteroatoms. The Kier molecular flexibility index (Phi) is 6.09. The second kappa shape index (κ2) is 7.58. The first-order valence-electron chi connectivity index (χ1n) is 8.71. The molecule has 0 aromatic carbocycles. The molecule has 25 heavy (non-hydrogen) atoms. The fraction of sp³-hybridized carbons (Fsp3) is 0.667. The van der Waals surface area contributed by atoms with E-state index in [1.807, 2.05) is 33.0 Å². The Hall–Kier alpha value is -1.21. The van der Waals surface area contributed by atoms with Crippen LogP contribution >= 0.6 is 11.6 Å². The average Bonchev–Trinajstić information content (AvgIpc) is 3.11. The summed E-state index contributed by atoms with van der Waals surface area (Å²) in [5, 5.41) is 21.1. The monoisotopic (exact) mass is 369 g/mol. The number of ether oxygens (including phenoxy) is 1. The van der Waals surface area contributed by atoms with Crippen LogP contribution in [0.2, 0.25) is 5.15 Å². The summed E-state index contributed by atoms with van der Waals surface area (Å²) in [5.41, 5.74) is 0.358.